The Morgan fingerprint density at radius 2 is 2.04 bits per heavy atom. The molecule has 2 aromatic rings. The molecule has 6 heteroatoms. The van der Waals surface area contributed by atoms with Gasteiger partial charge in [-0.25, -0.2) is 9.97 Å². The third-order valence-electron chi connectivity index (χ3n) is 5.06. The minimum atomic E-state index is 0.120. The summed E-state index contributed by atoms with van der Waals surface area (Å²) in [5.41, 5.74) is 3.05. The summed E-state index contributed by atoms with van der Waals surface area (Å²) in [4.78, 5) is 23.4. The number of halogens is 2. The first kappa shape index (κ1) is 15.9. The largest absolute Gasteiger partial charge is 0.332 e. The Bertz CT molecular complexity index is 775. The number of amides is 1. The number of aromatic nitrogens is 2. The Hall–Kier alpha value is -1.65. The minimum Gasteiger partial charge on any atom is -0.332 e. The Labute approximate surface area is 150 Å². The highest BCUT2D eigenvalue weighted by atomic mass is 35.5. The average Bonchev–Trinajstić information content (AvgIpc) is 2.89. The number of hydrogen-bond acceptors (Lipinski definition) is 3. The van der Waals surface area contributed by atoms with Gasteiger partial charge < -0.3 is 4.90 Å². The minimum absolute atomic E-state index is 0.120. The van der Waals surface area contributed by atoms with Crippen molar-refractivity contribution in [1.29, 1.82) is 0 Å². The van der Waals surface area contributed by atoms with E-state index in [1.165, 1.54) is 0 Å². The van der Waals surface area contributed by atoms with Crippen LogP contribution >= 0.6 is 23.2 Å². The predicted octanol–water partition coefficient (Wildman–Crippen LogP) is 4.00. The van der Waals surface area contributed by atoms with E-state index in [2.05, 4.69) is 9.97 Å². The van der Waals surface area contributed by atoms with E-state index in [0.717, 1.165) is 36.1 Å². The number of carbonyl (C=O) groups is 1. The summed E-state index contributed by atoms with van der Waals surface area (Å²) in [5, 5.41) is 1.24. The third-order valence-corrected chi connectivity index (χ3v) is 5.76. The highest BCUT2D eigenvalue weighted by Gasteiger charge is 2.42. The number of fused-ring (bicyclic) bond motifs is 4. The molecule has 0 radical (unpaired) electrons. The molecule has 1 amide bonds. The molecule has 1 saturated heterocycles. The van der Waals surface area contributed by atoms with E-state index in [4.69, 9.17) is 23.2 Å². The van der Waals surface area contributed by atoms with Gasteiger partial charge in [0, 0.05) is 40.7 Å². The zero-order chi connectivity index (χ0) is 16.7. The van der Waals surface area contributed by atoms with Gasteiger partial charge in [0.05, 0.1) is 11.7 Å². The van der Waals surface area contributed by atoms with E-state index in [0.29, 0.717) is 22.9 Å². The first-order valence-electron chi connectivity index (χ1n) is 8.18. The molecule has 0 N–H and O–H groups in total. The van der Waals surface area contributed by atoms with Gasteiger partial charge in [-0.2, -0.15) is 0 Å². The first-order chi connectivity index (χ1) is 11.6. The standard InChI is InChI=1S/C18H17Cl2N3O/c19-14-2-1-3-15(20)12(14)5-7-18(24)23-11-4-6-17(23)13-9-21-10-22-16(13)8-11/h1-3,9-11,17H,4-8H2. The molecule has 4 rings (SSSR count). The van der Waals surface area contributed by atoms with Gasteiger partial charge in [-0.3, -0.25) is 4.79 Å². The van der Waals surface area contributed by atoms with E-state index < -0.39 is 0 Å². The van der Waals surface area contributed by atoms with Gasteiger partial charge >= 0.3 is 0 Å². The summed E-state index contributed by atoms with van der Waals surface area (Å²) < 4.78 is 0. The second-order valence-corrected chi connectivity index (χ2v) is 7.19. The van der Waals surface area contributed by atoms with Crippen LogP contribution in [0, 0.1) is 0 Å². The van der Waals surface area contributed by atoms with Crippen LogP contribution in [0.2, 0.25) is 10.0 Å². The maximum absolute atomic E-state index is 12.9. The molecule has 24 heavy (non-hydrogen) atoms. The summed E-state index contributed by atoms with van der Waals surface area (Å²) in [6, 6.07) is 5.81. The number of benzene rings is 1. The molecule has 0 spiro atoms. The maximum atomic E-state index is 12.9. The molecule has 2 atom stereocenters. The van der Waals surface area contributed by atoms with Gasteiger partial charge in [0.2, 0.25) is 5.91 Å². The molecule has 1 aromatic carbocycles. The van der Waals surface area contributed by atoms with Crippen LogP contribution < -0.4 is 0 Å². The van der Waals surface area contributed by atoms with Gasteiger partial charge in [0.15, 0.2) is 0 Å². The smallest absolute Gasteiger partial charge is 0.223 e. The van der Waals surface area contributed by atoms with Crippen LogP contribution in [0.3, 0.4) is 0 Å². The average molecular weight is 362 g/mol. The van der Waals surface area contributed by atoms with Crippen molar-refractivity contribution in [3.8, 4) is 0 Å². The van der Waals surface area contributed by atoms with Crippen LogP contribution in [0.4, 0.5) is 0 Å². The SMILES string of the molecule is O=C(CCc1c(Cl)cccc1Cl)N1C2CCC1c1cncnc1C2. The number of carbonyl (C=O) groups excluding carboxylic acids is 1. The fraction of sp³-hybridized carbons (Fsp3) is 0.389. The van der Waals surface area contributed by atoms with Crippen molar-refractivity contribution in [3.05, 3.63) is 57.6 Å². The lowest BCUT2D eigenvalue weighted by Gasteiger charge is -2.35. The molecule has 0 saturated carbocycles. The van der Waals surface area contributed by atoms with E-state index in [9.17, 15) is 4.79 Å². The van der Waals surface area contributed by atoms with Gasteiger partial charge in [-0.05, 0) is 37.0 Å². The predicted molar refractivity (Wildman–Crippen MR) is 93.1 cm³/mol. The normalized spacial score (nSPS) is 21.7. The number of nitrogens with zero attached hydrogens (tertiary/aromatic N) is 3. The van der Waals surface area contributed by atoms with Crippen molar-refractivity contribution in [1.82, 2.24) is 14.9 Å². The van der Waals surface area contributed by atoms with Crippen molar-refractivity contribution in [2.75, 3.05) is 0 Å². The Morgan fingerprint density at radius 3 is 2.83 bits per heavy atom. The van der Waals surface area contributed by atoms with Crippen LogP contribution in [0.25, 0.3) is 0 Å². The fourth-order valence-electron chi connectivity index (χ4n) is 3.94. The lowest BCUT2D eigenvalue weighted by atomic mass is 9.98. The topological polar surface area (TPSA) is 46.1 Å². The van der Waals surface area contributed by atoms with Gasteiger partial charge in [-0.15, -0.1) is 0 Å². The fourth-order valence-corrected chi connectivity index (χ4v) is 4.52. The summed E-state index contributed by atoms with van der Waals surface area (Å²) in [5.74, 6) is 0.160. The molecule has 2 aliphatic heterocycles. The first-order valence-corrected chi connectivity index (χ1v) is 8.93. The van der Waals surface area contributed by atoms with E-state index in [-0.39, 0.29) is 18.0 Å². The van der Waals surface area contributed by atoms with Gasteiger partial charge in [0.1, 0.15) is 6.33 Å². The Kier molecular flexibility index (Phi) is 4.19. The molecule has 3 heterocycles. The molecule has 2 bridgehead atoms. The zero-order valence-corrected chi connectivity index (χ0v) is 14.6. The molecular formula is C18H17Cl2N3O. The molecule has 2 unspecified atom stereocenters. The quantitative estimate of drug-likeness (QED) is 0.829. The maximum Gasteiger partial charge on any atom is 0.223 e. The zero-order valence-electron chi connectivity index (χ0n) is 13.1. The summed E-state index contributed by atoms with van der Waals surface area (Å²) in [7, 11) is 0. The van der Waals surface area contributed by atoms with Crippen molar-refractivity contribution >= 4 is 29.1 Å². The Morgan fingerprint density at radius 1 is 1.25 bits per heavy atom. The molecule has 4 nitrogen and oxygen atoms in total. The molecule has 1 fully saturated rings. The molecule has 2 aliphatic rings. The summed E-state index contributed by atoms with van der Waals surface area (Å²) >= 11 is 12.4. The summed E-state index contributed by atoms with van der Waals surface area (Å²) in [6.07, 6.45) is 7.27. The van der Waals surface area contributed by atoms with Gasteiger partial charge in [0.25, 0.3) is 0 Å². The molecular weight excluding hydrogens is 345 g/mol. The Balaban J connectivity index is 1.52. The number of rotatable bonds is 3. The summed E-state index contributed by atoms with van der Waals surface area (Å²) in [6.45, 7) is 0. The monoisotopic (exact) mass is 361 g/mol. The van der Waals surface area contributed by atoms with Gasteiger partial charge in [-0.1, -0.05) is 29.3 Å². The van der Waals surface area contributed by atoms with Crippen LogP contribution in [-0.4, -0.2) is 26.8 Å². The molecule has 124 valence electrons. The van der Waals surface area contributed by atoms with E-state index in [1.807, 2.05) is 29.3 Å². The van der Waals surface area contributed by atoms with Crippen LogP contribution in [0.15, 0.2) is 30.7 Å². The van der Waals surface area contributed by atoms with Crippen molar-refractivity contribution in [2.45, 2.75) is 44.2 Å². The van der Waals surface area contributed by atoms with Crippen molar-refractivity contribution < 1.29 is 4.79 Å². The molecule has 1 aromatic heterocycles. The second kappa shape index (κ2) is 6.34. The lowest BCUT2D eigenvalue weighted by Crippen LogP contribution is -2.42. The van der Waals surface area contributed by atoms with Crippen LogP contribution in [0.1, 0.15) is 42.1 Å². The van der Waals surface area contributed by atoms with Crippen molar-refractivity contribution in [3.63, 3.8) is 0 Å². The van der Waals surface area contributed by atoms with Crippen LogP contribution in [0.5, 0.6) is 0 Å². The molecule has 0 aliphatic carbocycles. The van der Waals surface area contributed by atoms with E-state index in [1.54, 1.807) is 6.33 Å². The number of hydrogen-bond donors (Lipinski definition) is 0. The van der Waals surface area contributed by atoms with Crippen LogP contribution in [-0.2, 0) is 17.6 Å². The lowest BCUT2D eigenvalue weighted by molar-refractivity contribution is -0.134. The van der Waals surface area contributed by atoms with E-state index >= 15 is 0 Å². The highest BCUT2D eigenvalue weighted by Crippen LogP contribution is 2.43. The second-order valence-electron chi connectivity index (χ2n) is 6.38. The third kappa shape index (κ3) is 2.68. The highest BCUT2D eigenvalue weighted by molar-refractivity contribution is 6.36. The van der Waals surface area contributed by atoms with Crippen molar-refractivity contribution in [2.24, 2.45) is 0 Å².